The lowest BCUT2D eigenvalue weighted by Gasteiger charge is -2.30. The second-order valence-electron chi connectivity index (χ2n) is 5.67. The summed E-state index contributed by atoms with van der Waals surface area (Å²) in [7, 11) is 0. The highest BCUT2D eigenvalue weighted by atomic mass is 79.9. The Labute approximate surface area is 120 Å². The maximum atomic E-state index is 5.86. The fourth-order valence-corrected chi connectivity index (χ4v) is 2.51. The molecule has 102 valence electrons. The predicted octanol–water partition coefficient (Wildman–Crippen LogP) is 4.03. The highest BCUT2D eigenvalue weighted by Crippen LogP contribution is 2.26. The van der Waals surface area contributed by atoms with Crippen molar-refractivity contribution in [3.8, 4) is 0 Å². The van der Waals surface area contributed by atoms with E-state index in [0.717, 1.165) is 17.6 Å². The number of halogens is 1. The molecule has 0 saturated heterocycles. The molecule has 0 aliphatic heterocycles. The topological polar surface area (TPSA) is 29.3 Å². The molecular formula is C15H25BrN2. The summed E-state index contributed by atoms with van der Waals surface area (Å²) in [5.74, 6) is 1.29. The van der Waals surface area contributed by atoms with Crippen molar-refractivity contribution >= 4 is 21.6 Å². The lowest BCUT2D eigenvalue weighted by Crippen LogP contribution is -2.32. The molecule has 0 unspecified atom stereocenters. The molecule has 0 bridgehead atoms. The second kappa shape index (κ2) is 7.15. The van der Waals surface area contributed by atoms with Gasteiger partial charge in [-0.15, -0.1) is 0 Å². The van der Waals surface area contributed by atoms with Gasteiger partial charge in [0.15, 0.2) is 0 Å². The van der Waals surface area contributed by atoms with Gasteiger partial charge in [-0.2, -0.15) is 0 Å². The minimum Gasteiger partial charge on any atom is -0.371 e. The van der Waals surface area contributed by atoms with Crippen LogP contribution in [-0.2, 0) is 6.54 Å². The molecule has 0 atom stereocenters. The normalized spacial score (nSPS) is 11.3. The van der Waals surface area contributed by atoms with Crippen LogP contribution in [0.3, 0.4) is 0 Å². The molecule has 0 aliphatic rings. The van der Waals surface area contributed by atoms with E-state index < -0.39 is 0 Å². The van der Waals surface area contributed by atoms with Crippen molar-refractivity contribution in [1.82, 2.24) is 0 Å². The van der Waals surface area contributed by atoms with Crippen LogP contribution < -0.4 is 10.6 Å². The molecule has 18 heavy (non-hydrogen) atoms. The third kappa shape index (κ3) is 4.62. The molecule has 0 radical (unpaired) electrons. The number of benzene rings is 1. The second-order valence-corrected chi connectivity index (χ2v) is 6.59. The van der Waals surface area contributed by atoms with Gasteiger partial charge in [-0.25, -0.2) is 0 Å². The van der Waals surface area contributed by atoms with Gasteiger partial charge >= 0.3 is 0 Å². The van der Waals surface area contributed by atoms with Gasteiger partial charge in [-0.1, -0.05) is 49.7 Å². The smallest absolute Gasteiger partial charge is 0.0423 e. The summed E-state index contributed by atoms with van der Waals surface area (Å²) in [6.45, 7) is 11.8. The first kappa shape index (κ1) is 15.5. The highest BCUT2D eigenvalue weighted by Gasteiger charge is 2.14. The summed E-state index contributed by atoms with van der Waals surface area (Å²) >= 11 is 3.56. The number of hydrogen-bond donors (Lipinski definition) is 1. The van der Waals surface area contributed by atoms with Crippen molar-refractivity contribution in [2.75, 3.05) is 18.0 Å². The molecule has 1 aromatic carbocycles. The van der Waals surface area contributed by atoms with Crippen LogP contribution in [-0.4, -0.2) is 13.1 Å². The van der Waals surface area contributed by atoms with Gasteiger partial charge in [0, 0.05) is 29.8 Å². The predicted molar refractivity (Wildman–Crippen MR) is 83.9 cm³/mol. The highest BCUT2D eigenvalue weighted by molar-refractivity contribution is 9.10. The summed E-state index contributed by atoms with van der Waals surface area (Å²) < 4.78 is 1.12. The molecule has 0 aliphatic carbocycles. The average molecular weight is 313 g/mol. The van der Waals surface area contributed by atoms with Gasteiger partial charge in [-0.3, -0.25) is 0 Å². The summed E-state index contributed by atoms with van der Waals surface area (Å²) in [6.07, 6.45) is 0. The third-order valence-corrected chi connectivity index (χ3v) is 3.27. The molecule has 1 rings (SSSR count). The van der Waals surface area contributed by atoms with Crippen molar-refractivity contribution < 1.29 is 0 Å². The molecule has 3 heteroatoms. The number of anilines is 1. The minimum atomic E-state index is 0.593. The minimum absolute atomic E-state index is 0.593. The van der Waals surface area contributed by atoms with Crippen LogP contribution in [0.1, 0.15) is 33.3 Å². The standard InChI is InChI=1S/C15H25BrN2/c1-11(2)9-18(10-12(3)4)15-7-14(16)6-5-13(15)8-17/h5-7,11-12H,8-10,17H2,1-4H3. The van der Waals surface area contributed by atoms with Crippen LogP contribution in [0.5, 0.6) is 0 Å². The van der Waals surface area contributed by atoms with E-state index in [-0.39, 0.29) is 0 Å². The van der Waals surface area contributed by atoms with E-state index >= 15 is 0 Å². The first-order chi connectivity index (χ1) is 8.43. The molecule has 0 spiro atoms. The van der Waals surface area contributed by atoms with E-state index in [1.54, 1.807) is 0 Å². The SMILES string of the molecule is CC(C)CN(CC(C)C)c1cc(Br)ccc1CN. The Hall–Kier alpha value is -0.540. The van der Waals surface area contributed by atoms with E-state index in [1.165, 1.54) is 11.3 Å². The van der Waals surface area contributed by atoms with Gasteiger partial charge in [0.2, 0.25) is 0 Å². The summed E-state index contributed by atoms with van der Waals surface area (Å²) in [6, 6.07) is 6.37. The lowest BCUT2D eigenvalue weighted by atomic mass is 10.1. The molecule has 2 N–H and O–H groups in total. The van der Waals surface area contributed by atoms with Crippen molar-refractivity contribution in [2.24, 2.45) is 17.6 Å². The van der Waals surface area contributed by atoms with Crippen LogP contribution in [0.4, 0.5) is 5.69 Å². The zero-order chi connectivity index (χ0) is 13.7. The molecule has 0 fully saturated rings. The summed E-state index contributed by atoms with van der Waals surface area (Å²) in [5, 5.41) is 0. The van der Waals surface area contributed by atoms with E-state index in [0.29, 0.717) is 18.4 Å². The first-order valence-electron chi connectivity index (χ1n) is 6.67. The van der Waals surface area contributed by atoms with Crippen LogP contribution in [0.15, 0.2) is 22.7 Å². The maximum absolute atomic E-state index is 5.86. The van der Waals surface area contributed by atoms with Crippen LogP contribution in [0.25, 0.3) is 0 Å². The monoisotopic (exact) mass is 312 g/mol. The first-order valence-corrected chi connectivity index (χ1v) is 7.46. The van der Waals surface area contributed by atoms with Crippen molar-refractivity contribution in [3.63, 3.8) is 0 Å². The van der Waals surface area contributed by atoms with Gasteiger partial charge in [0.05, 0.1) is 0 Å². The Kier molecular flexibility index (Phi) is 6.16. The molecule has 0 heterocycles. The fraction of sp³-hybridized carbons (Fsp3) is 0.600. The summed E-state index contributed by atoms with van der Waals surface area (Å²) in [5.41, 5.74) is 8.35. The van der Waals surface area contributed by atoms with Crippen molar-refractivity contribution in [3.05, 3.63) is 28.2 Å². The van der Waals surface area contributed by atoms with Crippen molar-refractivity contribution in [1.29, 1.82) is 0 Å². The quantitative estimate of drug-likeness (QED) is 0.859. The Balaban J connectivity index is 3.05. The number of rotatable bonds is 6. The lowest BCUT2D eigenvalue weighted by molar-refractivity contribution is 0.551. The van der Waals surface area contributed by atoms with Crippen molar-refractivity contribution in [2.45, 2.75) is 34.2 Å². The zero-order valence-corrected chi connectivity index (χ0v) is 13.5. The molecular weight excluding hydrogens is 288 g/mol. The summed E-state index contributed by atoms with van der Waals surface area (Å²) in [4.78, 5) is 2.46. The third-order valence-electron chi connectivity index (χ3n) is 2.78. The number of nitrogens with zero attached hydrogens (tertiary/aromatic N) is 1. The largest absolute Gasteiger partial charge is 0.371 e. The molecule has 0 amide bonds. The Morgan fingerprint density at radius 1 is 1.11 bits per heavy atom. The van der Waals surface area contributed by atoms with Gasteiger partial charge < -0.3 is 10.6 Å². The Morgan fingerprint density at radius 2 is 1.67 bits per heavy atom. The van der Waals surface area contributed by atoms with Crippen LogP contribution >= 0.6 is 15.9 Å². The number of nitrogens with two attached hydrogens (primary N) is 1. The molecule has 0 aromatic heterocycles. The van der Waals surface area contributed by atoms with E-state index in [9.17, 15) is 0 Å². The Bertz CT molecular complexity index is 365. The number of hydrogen-bond acceptors (Lipinski definition) is 2. The molecule has 2 nitrogen and oxygen atoms in total. The molecule has 0 saturated carbocycles. The fourth-order valence-electron chi connectivity index (χ4n) is 2.16. The Morgan fingerprint density at radius 3 is 2.11 bits per heavy atom. The average Bonchev–Trinajstić information content (AvgIpc) is 2.26. The van der Waals surface area contributed by atoms with Gasteiger partial charge in [0.1, 0.15) is 0 Å². The van der Waals surface area contributed by atoms with Gasteiger partial charge in [-0.05, 0) is 29.5 Å². The molecule has 1 aromatic rings. The van der Waals surface area contributed by atoms with Crippen LogP contribution in [0, 0.1) is 11.8 Å². The van der Waals surface area contributed by atoms with Gasteiger partial charge in [0.25, 0.3) is 0 Å². The zero-order valence-electron chi connectivity index (χ0n) is 11.9. The van der Waals surface area contributed by atoms with E-state index in [1.807, 2.05) is 0 Å². The maximum Gasteiger partial charge on any atom is 0.0423 e. The van der Waals surface area contributed by atoms with E-state index in [4.69, 9.17) is 5.73 Å². The van der Waals surface area contributed by atoms with E-state index in [2.05, 4.69) is 66.7 Å². The van der Waals surface area contributed by atoms with Crippen LogP contribution in [0.2, 0.25) is 0 Å².